The second-order valence-electron chi connectivity index (χ2n) is 4.53. The molecule has 4 nitrogen and oxygen atoms in total. The maximum Gasteiger partial charge on any atom is 0.250 e. The highest BCUT2D eigenvalue weighted by atomic mass is 32.2. The topological polar surface area (TPSA) is 58.2 Å². The Morgan fingerprint density at radius 3 is 2.52 bits per heavy atom. The summed E-state index contributed by atoms with van der Waals surface area (Å²) < 4.78 is 39.9. The van der Waals surface area contributed by atoms with Gasteiger partial charge in [-0.15, -0.1) is 11.3 Å². The SMILES string of the molecule is CNCc1ccc(S(=O)(=O)NCCc2ccc(F)cc2)s1. The van der Waals surface area contributed by atoms with Crippen LogP contribution in [0.3, 0.4) is 0 Å². The van der Waals surface area contributed by atoms with Gasteiger partial charge in [0.15, 0.2) is 0 Å². The van der Waals surface area contributed by atoms with Crippen LogP contribution in [-0.2, 0) is 23.0 Å². The average molecular weight is 328 g/mol. The summed E-state index contributed by atoms with van der Waals surface area (Å²) in [6.45, 7) is 0.934. The Morgan fingerprint density at radius 2 is 1.86 bits per heavy atom. The normalized spacial score (nSPS) is 11.7. The first-order valence-corrected chi connectivity index (χ1v) is 8.78. The van der Waals surface area contributed by atoms with E-state index in [-0.39, 0.29) is 12.4 Å². The van der Waals surface area contributed by atoms with Crippen molar-refractivity contribution in [2.24, 2.45) is 0 Å². The van der Waals surface area contributed by atoms with Gasteiger partial charge in [-0.1, -0.05) is 12.1 Å². The van der Waals surface area contributed by atoms with Crippen LogP contribution in [0, 0.1) is 5.82 Å². The first-order chi connectivity index (χ1) is 10.0. The lowest BCUT2D eigenvalue weighted by atomic mass is 10.1. The molecule has 2 rings (SSSR count). The molecule has 0 fully saturated rings. The van der Waals surface area contributed by atoms with Gasteiger partial charge in [-0.25, -0.2) is 17.5 Å². The van der Waals surface area contributed by atoms with E-state index >= 15 is 0 Å². The van der Waals surface area contributed by atoms with Crippen LogP contribution < -0.4 is 10.0 Å². The Bertz CT molecular complexity index is 681. The fraction of sp³-hybridized carbons (Fsp3) is 0.286. The predicted octanol–water partition coefficient (Wildman–Crippen LogP) is 2.13. The monoisotopic (exact) mass is 328 g/mol. The molecule has 2 aromatic rings. The Balaban J connectivity index is 1.92. The van der Waals surface area contributed by atoms with Crippen LogP contribution in [0.1, 0.15) is 10.4 Å². The molecular formula is C14H17FN2O2S2. The zero-order chi connectivity index (χ0) is 15.3. The molecule has 0 radical (unpaired) electrons. The molecule has 0 aliphatic heterocycles. The third-order valence-corrected chi connectivity index (χ3v) is 5.91. The van der Waals surface area contributed by atoms with E-state index in [9.17, 15) is 12.8 Å². The molecular weight excluding hydrogens is 311 g/mol. The summed E-state index contributed by atoms with van der Waals surface area (Å²) >= 11 is 1.25. The number of nitrogens with one attached hydrogen (secondary N) is 2. The molecule has 0 aliphatic rings. The van der Waals surface area contributed by atoms with Crippen molar-refractivity contribution in [2.45, 2.75) is 17.2 Å². The standard InChI is InChI=1S/C14H17FN2O2S2/c1-16-10-13-6-7-14(20-13)21(18,19)17-9-8-11-2-4-12(15)5-3-11/h2-7,16-17H,8-10H2,1H3. The Labute approximate surface area is 128 Å². The molecule has 0 atom stereocenters. The molecule has 0 amide bonds. The van der Waals surface area contributed by atoms with Crippen LogP contribution in [0.5, 0.6) is 0 Å². The molecule has 0 aliphatic carbocycles. The van der Waals surface area contributed by atoms with Gasteiger partial charge in [-0.2, -0.15) is 0 Å². The molecule has 2 N–H and O–H groups in total. The molecule has 0 unspecified atom stereocenters. The highest BCUT2D eigenvalue weighted by Crippen LogP contribution is 2.21. The molecule has 0 saturated carbocycles. The molecule has 0 bridgehead atoms. The van der Waals surface area contributed by atoms with Crippen molar-refractivity contribution >= 4 is 21.4 Å². The van der Waals surface area contributed by atoms with E-state index < -0.39 is 10.0 Å². The van der Waals surface area contributed by atoms with Crippen LogP contribution in [0.2, 0.25) is 0 Å². The third-order valence-electron chi connectivity index (χ3n) is 2.87. The Morgan fingerprint density at radius 1 is 1.14 bits per heavy atom. The second kappa shape index (κ2) is 7.13. The molecule has 0 saturated heterocycles. The summed E-state index contributed by atoms with van der Waals surface area (Å²) in [6, 6.07) is 9.45. The predicted molar refractivity (Wildman–Crippen MR) is 82.4 cm³/mol. The van der Waals surface area contributed by atoms with Gasteiger partial charge < -0.3 is 5.32 Å². The van der Waals surface area contributed by atoms with Gasteiger partial charge in [0.05, 0.1) is 0 Å². The highest BCUT2D eigenvalue weighted by Gasteiger charge is 2.16. The summed E-state index contributed by atoms with van der Waals surface area (Å²) in [4.78, 5) is 0.969. The smallest absolute Gasteiger partial charge is 0.250 e. The van der Waals surface area contributed by atoms with Crippen LogP contribution in [0.25, 0.3) is 0 Å². The lowest BCUT2D eigenvalue weighted by molar-refractivity contribution is 0.583. The maximum atomic E-state index is 12.8. The highest BCUT2D eigenvalue weighted by molar-refractivity contribution is 7.91. The van der Waals surface area contributed by atoms with E-state index in [1.54, 1.807) is 24.3 Å². The lowest BCUT2D eigenvalue weighted by Gasteiger charge is -2.05. The van der Waals surface area contributed by atoms with Gasteiger partial charge in [0.2, 0.25) is 10.0 Å². The van der Waals surface area contributed by atoms with Crippen molar-refractivity contribution in [2.75, 3.05) is 13.6 Å². The quantitative estimate of drug-likeness (QED) is 0.818. The van der Waals surface area contributed by atoms with Crippen molar-refractivity contribution in [3.63, 3.8) is 0 Å². The van der Waals surface area contributed by atoms with Crippen LogP contribution in [0.4, 0.5) is 4.39 Å². The summed E-state index contributed by atoms with van der Waals surface area (Å²) in [5.74, 6) is -0.296. The van der Waals surface area contributed by atoms with Crippen molar-refractivity contribution < 1.29 is 12.8 Å². The first-order valence-electron chi connectivity index (χ1n) is 6.49. The first kappa shape index (κ1) is 16.1. The molecule has 1 aromatic carbocycles. The zero-order valence-electron chi connectivity index (χ0n) is 11.6. The van der Waals surface area contributed by atoms with E-state index in [1.165, 1.54) is 23.5 Å². The fourth-order valence-electron chi connectivity index (χ4n) is 1.82. The third kappa shape index (κ3) is 4.60. The summed E-state index contributed by atoms with van der Waals surface area (Å²) in [5.41, 5.74) is 0.890. The molecule has 114 valence electrons. The van der Waals surface area contributed by atoms with Crippen LogP contribution in [-0.4, -0.2) is 22.0 Å². The average Bonchev–Trinajstić information content (AvgIpc) is 2.91. The van der Waals surface area contributed by atoms with Crippen molar-refractivity contribution in [3.05, 3.63) is 52.7 Å². The van der Waals surface area contributed by atoms with Crippen LogP contribution >= 0.6 is 11.3 Å². The molecule has 0 spiro atoms. The van der Waals surface area contributed by atoms with E-state index in [2.05, 4.69) is 10.0 Å². The van der Waals surface area contributed by atoms with E-state index in [0.29, 0.717) is 17.2 Å². The Hall–Kier alpha value is -1.28. The number of thiophene rings is 1. The number of rotatable bonds is 7. The maximum absolute atomic E-state index is 12.8. The lowest BCUT2D eigenvalue weighted by Crippen LogP contribution is -2.25. The van der Waals surface area contributed by atoms with Crippen molar-refractivity contribution in [3.8, 4) is 0 Å². The minimum atomic E-state index is -3.47. The van der Waals surface area contributed by atoms with Crippen LogP contribution in [0.15, 0.2) is 40.6 Å². The fourth-order valence-corrected chi connectivity index (χ4v) is 4.27. The number of hydrogen-bond acceptors (Lipinski definition) is 4. The van der Waals surface area contributed by atoms with E-state index in [4.69, 9.17) is 0 Å². The van der Waals surface area contributed by atoms with Crippen molar-refractivity contribution in [1.82, 2.24) is 10.0 Å². The second-order valence-corrected chi connectivity index (χ2v) is 7.69. The molecule has 1 heterocycles. The van der Waals surface area contributed by atoms with Gasteiger partial charge in [0.25, 0.3) is 0 Å². The molecule has 21 heavy (non-hydrogen) atoms. The molecule has 7 heteroatoms. The van der Waals surface area contributed by atoms with Gasteiger partial charge >= 0.3 is 0 Å². The van der Waals surface area contributed by atoms with E-state index in [0.717, 1.165) is 10.4 Å². The minimum absolute atomic E-state index is 0.285. The van der Waals surface area contributed by atoms with Gasteiger partial charge in [-0.3, -0.25) is 0 Å². The van der Waals surface area contributed by atoms with Gasteiger partial charge in [-0.05, 0) is 43.3 Å². The largest absolute Gasteiger partial charge is 0.315 e. The number of hydrogen-bond donors (Lipinski definition) is 2. The summed E-state index contributed by atoms with van der Waals surface area (Å²) in [5, 5.41) is 2.98. The number of halogens is 1. The summed E-state index contributed by atoms with van der Waals surface area (Å²) in [6.07, 6.45) is 0.522. The number of sulfonamides is 1. The summed E-state index contributed by atoms with van der Waals surface area (Å²) in [7, 11) is -1.66. The van der Waals surface area contributed by atoms with Gasteiger partial charge in [0.1, 0.15) is 10.0 Å². The number of benzene rings is 1. The zero-order valence-corrected chi connectivity index (χ0v) is 13.2. The van der Waals surface area contributed by atoms with E-state index in [1.807, 2.05) is 7.05 Å². The van der Waals surface area contributed by atoms with Crippen molar-refractivity contribution in [1.29, 1.82) is 0 Å². The molecule has 1 aromatic heterocycles. The Kier molecular flexibility index (Phi) is 5.46. The van der Waals surface area contributed by atoms with Gasteiger partial charge in [0, 0.05) is 18.0 Å². The minimum Gasteiger partial charge on any atom is -0.315 e.